The molecule has 0 fully saturated rings. The van der Waals surface area contributed by atoms with Gasteiger partial charge in [-0.2, -0.15) is 0 Å². The van der Waals surface area contributed by atoms with Crippen LogP contribution in [-0.2, 0) is 4.79 Å². The molecule has 1 unspecified atom stereocenters. The van der Waals surface area contributed by atoms with Crippen molar-refractivity contribution in [3.05, 3.63) is 0 Å². The van der Waals surface area contributed by atoms with Crippen molar-refractivity contribution in [1.29, 1.82) is 0 Å². The number of hydrogen-bond acceptors (Lipinski definition) is 1. The Hall–Kier alpha value is -0.970. The third-order valence-electron chi connectivity index (χ3n) is 5.27. The summed E-state index contributed by atoms with van der Waals surface area (Å²) in [5.41, 5.74) is 0. The second-order valence-electron chi connectivity index (χ2n) is 8.68. The maximum atomic E-state index is 12.1. The zero-order valence-electron chi connectivity index (χ0n) is 19.7. The number of rotatable bonds is 19. The molecule has 1 atom stereocenters. The topological polar surface area (TPSA) is 29.1 Å². The van der Waals surface area contributed by atoms with E-state index in [1.165, 1.54) is 77.0 Å². The van der Waals surface area contributed by atoms with Crippen LogP contribution in [0.2, 0.25) is 0 Å². The molecule has 0 aliphatic carbocycles. The Bertz CT molecular complexity index is 335. The number of amides is 1. The van der Waals surface area contributed by atoms with E-state index >= 15 is 0 Å². The Morgan fingerprint density at radius 1 is 0.714 bits per heavy atom. The van der Waals surface area contributed by atoms with Gasteiger partial charge >= 0.3 is 0 Å². The fourth-order valence-electron chi connectivity index (χ4n) is 3.77. The van der Waals surface area contributed by atoms with Crippen LogP contribution < -0.4 is 5.32 Å². The van der Waals surface area contributed by atoms with E-state index in [0.29, 0.717) is 12.0 Å². The van der Waals surface area contributed by atoms with E-state index in [0.717, 1.165) is 32.1 Å². The van der Waals surface area contributed by atoms with Crippen LogP contribution >= 0.6 is 0 Å². The number of carbonyl (C=O) groups is 1. The lowest BCUT2D eigenvalue weighted by Crippen LogP contribution is -2.35. The second-order valence-corrected chi connectivity index (χ2v) is 8.68. The first-order valence-corrected chi connectivity index (χ1v) is 12.2. The largest absolute Gasteiger partial charge is 0.353 e. The molecule has 0 spiro atoms. The number of terminal acetylenes is 1. The van der Waals surface area contributed by atoms with Crippen molar-refractivity contribution >= 4 is 5.91 Å². The molecule has 0 heterocycles. The van der Waals surface area contributed by atoms with Gasteiger partial charge in [0.2, 0.25) is 5.91 Å². The third kappa shape index (κ3) is 23.1. The minimum absolute atomic E-state index is 0.271. The van der Waals surface area contributed by atoms with E-state index in [4.69, 9.17) is 0 Å². The maximum absolute atomic E-state index is 12.1. The van der Waals surface area contributed by atoms with Crippen LogP contribution in [0.3, 0.4) is 0 Å². The molecule has 28 heavy (non-hydrogen) atoms. The summed E-state index contributed by atoms with van der Waals surface area (Å²) >= 11 is 0. The highest BCUT2D eigenvalue weighted by molar-refractivity contribution is 5.76. The first kappa shape index (κ1) is 29.2. The van der Waals surface area contributed by atoms with Crippen molar-refractivity contribution in [2.24, 2.45) is 5.92 Å². The molecule has 0 aromatic heterocycles. The maximum Gasteiger partial charge on any atom is 0.220 e. The minimum Gasteiger partial charge on any atom is -0.353 e. The van der Waals surface area contributed by atoms with Crippen LogP contribution in [0.1, 0.15) is 137 Å². The quantitative estimate of drug-likeness (QED) is 0.174. The van der Waals surface area contributed by atoms with Gasteiger partial charge in [-0.25, -0.2) is 0 Å². The van der Waals surface area contributed by atoms with Crippen LogP contribution in [0.15, 0.2) is 0 Å². The molecule has 2 nitrogen and oxygen atoms in total. The van der Waals surface area contributed by atoms with Gasteiger partial charge in [-0.15, -0.1) is 12.8 Å². The molecule has 0 radical (unpaired) electrons. The van der Waals surface area contributed by atoms with Gasteiger partial charge in [-0.1, -0.05) is 111 Å². The zero-order valence-corrected chi connectivity index (χ0v) is 19.7. The summed E-state index contributed by atoms with van der Waals surface area (Å²) in [4.78, 5) is 12.1. The summed E-state index contributed by atoms with van der Waals surface area (Å²) in [7, 11) is 0. The predicted molar refractivity (Wildman–Crippen MR) is 126 cm³/mol. The van der Waals surface area contributed by atoms with E-state index in [9.17, 15) is 4.79 Å². The van der Waals surface area contributed by atoms with Crippen LogP contribution in [0.4, 0.5) is 0 Å². The van der Waals surface area contributed by atoms with E-state index in [2.05, 4.69) is 45.9 Å². The minimum atomic E-state index is 0.271. The highest BCUT2D eigenvalue weighted by atomic mass is 16.1. The van der Waals surface area contributed by atoms with Gasteiger partial charge in [-0.3, -0.25) is 4.79 Å². The Labute approximate surface area is 178 Å². The first-order valence-electron chi connectivity index (χ1n) is 12.2. The van der Waals surface area contributed by atoms with Gasteiger partial charge in [0.15, 0.2) is 0 Å². The van der Waals surface area contributed by atoms with Gasteiger partial charge in [0.05, 0.1) is 0 Å². The lowest BCUT2D eigenvalue weighted by atomic mass is 9.99. The molecule has 0 aliphatic rings. The fraction of sp³-hybridized carbons (Fsp3) is 0.885. The van der Waals surface area contributed by atoms with Gasteiger partial charge in [-0.05, 0) is 25.2 Å². The van der Waals surface area contributed by atoms with E-state index in [1.807, 2.05) is 0 Å². The first-order chi connectivity index (χ1) is 13.6. The molecule has 166 valence electrons. The van der Waals surface area contributed by atoms with E-state index < -0.39 is 0 Å². The van der Waals surface area contributed by atoms with Gasteiger partial charge in [0, 0.05) is 12.5 Å². The van der Waals surface area contributed by atoms with Gasteiger partial charge in [0.1, 0.15) is 0 Å². The van der Waals surface area contributed by atoms with E-state index in [-0.39, 0.29) is 5.91 Å². The SMILES string of the molecule is C#C.CCCCCCCCCCCCCCCC(=O)NC(CCC)CC(C)C. The summed E-state index contributed by atoms with van der Waals surface area (Å²) in [5.74, 6) is 0.926. The van der Waals surface area contributed by atoms with Crippen molar-refractivity contribution in [3.8, 4) is 12.8 Å². The normalized spacial score (nSPS) is 11.7. The van der Waals surface area contributed by atoms with Crippen molar-refractivity contribution < 1.29 is 4.79 Å². The van der Waals surface area contributed by atoms with Crippen LogP contribution in [0, 0.1) is 18.8 Å². The fourth-order valence-corrected chi connectivity index (χ4v) is 3.77. The molecule has 1 N–H and O–H groups in total. The number of carbonyl (C=O) groups excluding carboxylic acids is 1. The van der Waals surface area contributed by atoms with Crippen molar-refractivity contribution in [1.82, 2.24) is 5.32 Å². The average Bonchev–Trinajstić information content (AvgIpc) is 2.66. The zero-order chi connectivity index (χ0) is 21.5. The Kier molecular flexibility index (Phi) is 25.1. The number of nitrogens with one attached hydrogen (secondary N) is 1. The lowest BCUT2D eigenvalue weighted by Gasteiger charge is -2.20. The second kappa shape index (κ2) is 24.1. The average molecular weight is 394 g/mol. The van der Waals surface area contributed by atoms with Crippen molar-refractivity contribution in [2.45, 2.75) is 143 Å². The smallest absolute Gasteiger partial charge is 0.220 e. The Morgan fingerprint density at radius 3 is 1.54 bits per heavy atom. The third-order valence-corrected chi connectivity index (χ3v) is 5.27. The van der Waals surface area contributed by atoms with Crippen molar-refractivity contribution in [2.75, 3.05) is 0 Å². The van der Waals surface area contributed by atoms with Gasteiger partial charge in [0.25, 0.3) is 0 Å². The molecule has 0 saturated heterocycles. The summed E-state index contributed by atoms with van der Waals surface area (Å²) in [6.45, 7) is 8.96. The summed E-state index contributed by atoms with van der Waals surface area (Å²) in [6, 6.07) is 0.384. The summed E-state index contributed by atoms with van der Waals surface area (Å²) in [5, 5.41) is 3.25. The van der Waals surface area contributed by atoms with Crippen LogP contribution in [-0.4, -0.2) is 11.9 Å². The van der Waals surface area contributed by atoms with E-state index in [1.54, 1.807) is 0 Å². The van der Waals surface area contributed by atoms with Gasteiger partial charge < -0.3 is 5.32 Å². The summed E-state index contributed by atoms with van der Waals surface area (Å²) < 4.78 is 0. The van der Waals surface area contributed by atoms with Crippen LogP contribution in [0.5, 0.6) is 0 Å². The molecule has 0 aromatic rings. The molecule has 2 heteroatoms. The van der Waals surface area contributed by atoms with Crippen molar-refractivity contribution in [3.63, 3.8) is 0 Å². The number of unbranched alkanes of at least 4 members (excludes halogenated alkanes) is 12. The molecule has 0 saturated carbocycles. The monoisotopic (exact) mass is 393 g/mol. The molecule has 0 rings (SSSR count). The molecular weight excluding hydrogens is 342 g/mol. The molecule has 1 amide bonds. The van der Waals surface area contributed by atoms with Crippen LogP contribution in [0.25, 0.3) is 0 Å². The summed E-state index contributed by atoms with van der Waals surface area (Å²) in [6.07, 6.45) is 29.7. The molecular formula is C26H51NO. The molecule has 0 bridgehead atoms. The lowest BCUT2D eigenvalue weighted by molar-refractivity contribution is -0.122. The Balaban J connectivity index is 0. The molecule has 0 aromatic carbocycles. The molecule has 0 aliphatic heterocycles. The number of hydrogen-bond donors (Lipinski definition) is 1. The predicted octanol–water partition coefficient (Wildman–Crippen LogP) is 8.05. The highest BCUT2D eigenvalue weighted by Crippen LogP contribution is 2.14. The standard InChI is InChI=1S/C24H49NO.C2H2/c1-5-7-8-9-10-11-12-13-14-15-16-17-18-20-24(26)25-23(19-6-2)21-22(3)4;1-2/h22-23H,5-21H2,1-4H3,(H,25,26);1-2H. The Morgan fingerprint density at radius 2 is 1.14 bits per heavy atom. The highest BCUT2D eigenvalue weighted by Gasteiger charge is 2.12.